The van der Waals surface area contributed by atoms with E-state index in [-0.39, 0.29) is 18.5 Å². The highest BCUT2D eigenvalue weighted by atomic mass is 19.1. The maximum atomic E-state index is 13.2. The normalized spacial score (nSPS) is 14.0. The van der Waals surface area contributed by atoms with Gasteiger partial charge in [0.2, 0.25) is 5.91 Å². The van der Waals surface area contributed by atoms with Crippen molar-refractivity contribution in [3.63, 3.8) is 0 Å². The summed E-state index contributed by atoms with van der Waals surface area (Å²) in [6.07, 6.45) is -0.0464. The second-order valence-electron chi connectivity index (χ2n) is 4.12. The van der Waals surface area contributed by atoms with E-state index in [1.54, 1.807) is 6.92 Å². The summed E-state index contributed by atoms with van der Waals surface area (Å²) in [4.78, 5) is 35.3. The summed E-state index contributed by atoms with van der Waals surface area (Å²) in [5, 5.41) is 0. The summed E-state index contributed by atoms with van der Waals surface area (Å²) in [6, 6.07) is 2.27. The first-order chi connectivity index (χ1) is 8.41. The first kappa shape index (κ1) is 12.2. The van der Waals surface area contributed by atoms with Gasteiger partial charge in [0.15, 0.2) is 0 Å². The molecule has 1 aromatic carbocycles. The molecule has 94 valence electrons. The number of fused-ring (bicyclic) bond motifs is 1. The van der Waals surface area contributed by atoms with Crippen LogP contribution in [-0.4, -0.2) is 24.1 Å². The highest BCUT2D eigenvalue weighted by Gasteiger charge is 2.37. The third-order valence-electron chi connectivity index (χ3n) is 2.80. The molecule has 0 aliphatic carbocycles. The Morgan fingerprint density at radius 1 is 1.39 bits per heavy atom. The summed E-state index contributed by atoms with van der Waals surface area (Å²) >= 11 is 0. The fourth-order valence-corrected chi connectivity index (χ4v) is 2.04. The molecule has 0 fully saturated rings. The molecule has 5 nitrogen and oxygen atoms in total. The average molecular weight is 250 g/mol. The second kappa shape index (κ2) is 4.21. The Hall–Kier alpha value is -2.24. The van der Waals surface area contributed by atoms with E-state index in [2.05, 4.69) is 0 Å². The van der Waals surface area contributed by atoms with Crippen LogP contribution in [0.1, 0.15) is 22.3 Å². The van der Waals surface area contributed by atoms with Gasteiger partial charge in [-0.05, 0) is 24.6 Å². The van der Waals surface area contributed by atoms with Gasteiger partial charge in [0, 0.05) is 13.0 Å². The number of benzene rings is 1. The number of hydrogen-bond donors (Lipinski definition) is 1. The maximum absolute atomic E-state index is 13.2. The molecule has 0 aromatic heterocycles. The Morgan fingerprint density at radius 3 is 2.67 bits per heavy atom. The smallest absolute Gasteiger partial charge is 0.299 e. The predicted octanol–water partition coefficient (Wildman–Crippen LogP) is 0.539. The summed E-state index contributed by atoms with van der Waals surface area (Å²) in [5.74, 6) is -2.63. The maximum Gasteiger partial charge on any atom is 0.299 e. The van der Waals surface area contributed by atoms with Crippen molar-refractivity contribution in [1.29, 1.82) is 0 Å². The molecule has 0 radical (unpaired) electrons. The van der Waals surface area contributed by atoms with Crippen molar-refractivity contribution < 1.29 is 18.8 Å². The molecule has 1 heterocycles. The molecule has 18 heavy (non-hydrogen) atoms. The molecule has 1 aliphatic heterocycles. The van der Waals surface area contributed by atoms with Crippen LogP contribution in [0.3, 0.4) is 0 Å². The Balaban J connectivity index is 2.45. The summed E-state index contributed by atoms with van der Waals surface area (Å²) in [5.41, 5.74) is 5.90. The molecule has 2 N–H and O–H groups in total. The van der Waals surface area contributed by atoms with Crippen molar-refractivity contribution >= 4 is 23.3 Å². The SMILES string of the molecule is Cc1cc(F)cc2c1N(CCC(N)=O)C(=O)C2=O. The van der Waals surface area contributed by atoms with E-state index in [1.165, 1.54) is 11.0 Å². The van der Waals surface area contributed by atoms with Crippen molar-refractivity contribution in [3.05, 3.63) is 29.1 Å². The number of primary amides is 1. The predicted molar refractivity (Wildman–Crippen MR) is 61.6 cm³/mol. The topological polar surface area (TPSA) is 80.5 Å². The molecule has 0 bridgehead atoms. The molecule has 0 spiro atoms. The number of anilines is 1. The molecule has 0 saturated carbocycles. The van der Waals surface area contributed by atoms with Crippen LogP contribution in [0.2, 0.25) is 0 Å². The van der Waals surface area contributed by atoms with Gasteiger partial charge < -0.3 is 10.6 Å². The van der Waals surface area contributed by atoms with E-state index in [0.717, 1.165) is 6.07 Å². The van der Waals surface area contributed by atoms with Gasteiger partial charge in [0.25, 0.3) is 11.7 Å². The number of halogens is 1. The van der Waals surface area contributed by atoms with Crippen molar-refractivity contribution in [2.75, 3.05) is 11.4 Å². The molecule has 0 saturated heterocycles. The molecule has 2 amide bonds. The number of hydrogen-bond acceptors (Lipinski definition) is 3. The molecule has 2 rings (SSSR count). The van der Waals surface area contributed by atoms with Crippen LogP contribution in [-0.2, 0) is 9.59 Å². The number of nitrogens with two attached hydrogens (primary N) is 1. The standard InChI is InChI=1S/C12H11FN2O3/c1-6-4-7(13)5-8-10(6)15(3-2-9(14)16)12(18)11(8)17/h4-5H,2-3H2,1H3,(H2,14,16). The van der Waals surface area contributed by atoms with Gasteiger partial charge in [-0.3, -0.25) is 14.4 Å². The first-order valence-corrected chi connectivity index (χ1v) is 5.36. The van der Waals surface area contributed by atoms with Gasteiger partial charge in [-0.2, -0.15) is 0 Å². The quantitative estimate of drug-likeness (QED) is 0.795. The number of Topliss-reactive ketones (excluding diaryl/α,β-unsaturated/α-hetero) is 1. The molecule has 6 heteroatoms. The Bertz CT molecular complexity index is 569. The number of carbonyl (C=O) groups excluding carboxylic acids is 3. The Kier molecular flexibility index (Phi) is 2.86. The third kappa shape index (κ3) is 1.85. The van der Waals surface area contributed by atoms with Gasteiger partial charge in [0.1, 0.15) is 5.82 Å². The van der Waals surface area contributed by atoms with Gasteiger partial charge in [-0.1, -0.05) is 0 Å². The minimum absolute atomic E-state index is 0.0272. The van der Waals surface area contributed by atoms with Crippen LogP contribution in [0, 0.1) is 12.7 Å². The van der Waals surface area contributed by atoms with Crippen LogP contribution in [0.15, 0.2) is 12.1 Å². The van der Waals surface area contributed by atoms with Crippen molar-refractivity contribution in [2.45, 2.75) is 13.3 Å². The molecule has 0 unspecified atom stereocenters. The van der Waals surface area contributed by atoms with Crippen LogP contribution >= 0.6 is 0 Å². The highest BCUT2D eigenvalue weighted by Crippen LogP contribution is 2.33. The number of nitrogens with zero attached hydrogens (tertiary/aromatic N) is 1. The van der Waals surface area contributed by atoms with E-state index in [4.69, 9.17) is 5.73 Å². The van der Waals surface area contributed by atoms with Gasteiger partial charge in [-0.25, -0.2) is 4.39 Å². The fraction of sp³-hybridized carbons (Fsp3) is 0.250. The van der Waals surface area contributed by atoms with Crippen molar-refractivity contribution in [3.8, 4) is 0 Å². The van der Waals surface area contributed by atoms with Gasteiger partial charge in [0.05, 0.1) is 11.3 Å². The monoisotopic (exact) mass is 250 g/mol. The number of amides is 2. The number of aryl methyl sites for hydroxylation is 1. The highest BCUT2D eigenvalue weighted by molar-refractivity contribution is 6.52. The summed E-state index contributed by atoms with van der Waals surface area (Å²) < 4.78 is 13.2. The van der Waals surface area contributed by atoms with E-state index in [1.807, 2.05) is 0 Å². The number of rotatable bonds is 3. The average Bonchev–Trinajstić information content (AvgIpc) is 2.51. The van der Waals surface area contributed by atoms with E-state index < -0.39 is 23.4 Å². The van der Waals surface area contributed by atoms with Crippen LogP contribution < -0.4 is 10.6 Å². The summed E-state index contributed by atoms with van der Waals surface area (Å²) in [6.45, 7) is 1.63. The van der Waals surface area contributed by atoms with Gasteiger partial charge >= 0.3 is 0 Å². The number of ketones is 1. The minimum Gasteiger partial charge on any atom is -0.370 e. The van der Waals surface area contributed by atoms with Crippen LogP contribution in [0.5, 0.6) is 0 Å². The van der Waals surface area contributed by atoms with Gasteiger partial charge in [-0.15, -0.1) is 0 Å². The largest absolute Gasteiger partial charge is 0.370 e. The van der Waals surface area contributed by atoms with Crippen molar-refractivity contribution in [1.82, 2.24) is 0 Å². The first-order valence-electron chi connectivity index (χ1n) is 5.36. The fourth-order valence-electron chi connectivity index (χ4n) is 2.04. The number of carbonyl (C=O) groups is 3. The van der Waals surface area contributed by atoms with Crippen LogP contribution in [0.4, 0.5) is 10.1 Å². The zero-order valence-electron chi connectivity index (χ0n) is 9.70. The lowest BCUT2D eigenvalue weighted by Crippen LogP contribution is -2.33. The second-order valence-corrected chi connectivity index (χ2v) is 4.12. The zero-order chi connectivity index (χ0) is 13.4. The Labute approximate surface area is 102 Å². The van der Waals surface area contributed by atoms with E-state index in [9.17, 15) is 18.8 Å². The Morgan fingerprint density at radius 2 is 2.06 bits per heavy atom. The lowest BCUT2D eigenvalue weighted by Gasteiger charge is -2.17. The van der Waals surface area contributed by atoms with Crippen molar-refractivity contribution in [2.24, 2.45) is 5.73 Å². The molecule has 1 aliphatic rings. The summed E-state index contributed by atoms with van der Waals surface area (Å²) in [7, 11) is 0. The lowest BCUT2D eigenvalue weighted by molar-refractivity contribution is -0.118. The molecular weight excluding hydrogens is 239 g/mol. The zero-order valence-corrected chi connectivity index (χ0v) is 9.70. The molecule has 0 atom stereocenters. The third-order valence-corrected chi connectivity index (χ3v) is 2.80. The minimum atomic E-state index is -0.753. The molecule has 1 aromatic rings. The van der Waals surface area contributed by atoms with E-state index >= 15 is 0 Å². The van der Waals surface area contributed by atoms with E-state index in [0.29, 0.717) is 11.3 Å². The molecular formula is C12H11FN2O3. The van der Waals surface area contributed by atoms with Crippen LogP contribution in [0.25, 0.3) is 0 Å². The lowest BCUT2D eigenvalue weighted by atomic mass is 10.1.